The minimum absolute atomic E-state index is 0. The number of aryl methyl sites for hydroxylation is 1. The van der Waals surface area contributed by atoms with E-state index in [-0.39, 0.29) is 12.4 Å². The highest BCUT2D eigenvalue weighted by Crippen LogP contribution is 2.31. The smallest absolute Gasteiger partial charge is 0.243 e. The van der Waals surface area contributed by atoms with Crippen molar-refractivity contribution in [2.75, 3.05) is 33.3 Å². The first-order valence-corrected chi connectivity index (χ1v) is 8.82. The highest BCUT2D eigenvalue weighted by molar-refractivity contribution is 7.89. The number of nitrogens with one attached hydrogen (secondary N) is 1. The highest BCUT2D eigenvalue weighted by atomic mass is 35.5. The van der Waals surface area contributed by atoms with Crippen molar-refractivity contribution in [3.05, 3.63) is 23.8 Å². The molecule has 0 aromatic heterocycles. The number of sulfonamides is 1. The normalized spacial score (nSPS) is 25.4. The summed E-state index contributed by atoms with van der Waals surface area (Å²) in [5.74, 6) is 1.80. The molecule has 2 aliphatic heterocycles. The Labute approximate surface area is 138 Å². The van der Waals surface area contributed by atoms with Gasteiger partial charge in [0.2, 0.25) is 10.0 Å². The Balaban J connectivity index is 0.00000176. The van der Waals surface area contributed by atoms with E-state index in [2.05, 4.69) is 5.32 Å². The number of piperidine rings is 1. The minimum Gasteiger partial charge on any atom is -0.496 e. The second-order valence-corrected chi connectivity index (χ2v) is 7.90. The van der Waals surface area contributed by atoms with Crippen LogP contribution in [0.25, 0.3) is 0 Å². The fraction of sp³-hybridized carbons (Fsp3) is 0.600. The van der Waals surface area contributed by atoms with E-state index in [9.17, 15) is 8.42 Å². The zero-order valence-corrected chi connectivity index (χ0v) is 14.5. The summed E-state index contributed by atoms with van der Waals surface area (Å²) in [7, 11) is -1.81. The molecule has 124 valence electrons. The van der Waals surface area contributed by atoms with Gasteiger partial charge >= 0.3 is 0 Å². The number of nitrogens with zero attached hydrogens (tertiary/aromatic N) is 1. The predicted molar refractivity (Wildman–Crippen MR) is 88.2 cm³/mol. The number of halogens is 1. The quantitative estimate of drug-likeness (QED) is 0.904. The molecule has 0 spiro atoms. The van der Waals surface area contributed by atoms with Crippen LogP contribution in [0, 0.1) is 18.8 Å². The van der Waals surface area contributed by atoms with E-state index in [1.807, 2.05) is 6.92 Å². The lowest BCUT2D eigenvalue weighted by Crippen LogP contribution is -2.43. The number of hydrogen-bond donors (Lipinski definition) is 1. The predicted octanol–water partition coefficient (Wildman–Crippen LogP) is 1.66. The Morgan fingerprint density at radius 2 is 2.00 bits per heavy atom. The molecule has 0 bridgehead atoms. The van der Waals surface area contributed by atoms with E-state index in [0.717, 1.165) is 25.1 Å². The third kappa shape index (κ3) is 3.11. The summed E-state index contributed by atoms with van der Waals surface area (Å²) in [6, 6.07) is 5.07. The molecule has 2 aliphatic rings. The summed E-state index contributed by atoms with van der Waals surface area (Å²) in [5, 5.41) is 3.36. The number of rotatable bonds is 3. The van der Waals surface area contributed by atoms with Crippen LogP contribution in [-0.2, 0) is 10.0 Å². The van der Waals surface area contributed by atoms with Crippen LogP contribution in [0.15, 0.2) is 23.1 Å². The maximum atomic E-state index is 12.8. The van der Waals surface area contributed by atoms with Gasteiger partial charge in [-0.1, -0.05) is 0 Å². The van der Waals surface area contributed by atoms with Crippen molar-refractivity contribution in [1.82, 2.24) is 9.62 Å². The lowest BCUT2D eigenvalue weighted by molar-refractivity contribution is 0.228. The van der Waals surface area contributed by atoms with E-state index in [1.54, 1.807) is 29.6 Å². The zero-order chi connectivity index (χ0) is 15.0. The first-order chi connectivity index (χ1) is 10.0. The molecular weight excluding hydrogens is 324 g/mol. The lowest BCUT2D eigenvalue weighted by Gasteiger charge is -2.33. The summed E-state index contributed by atoms with van der Waals surface area (Å²) < 4.78 is 32.4. The molecular formula is C15H23ClN2O3S. The Bertz CT molecular complexity index is 636. The Hall–Kier alpha value is -0.820. The molecule has 2 fully saturated rings. The highest BCUT2D eigenvalue weighted by Gasteiger charge is 2.37. The molecule has 0 saturated carbocycles. The minimum atomic E-state index is -3.40. The molecule has 2 saturated heterocycles. The summed E-state index contributed by atoms with van der Waals surface area (Å²) in [4.78, 5) is 0.366. The van der Waals surface area contributed by atoms with Crippen molar-refractivity contribution in [1.29, 1.82) is 0 Å². The van der Waals surface area contributed by atoms with Crippen LogP contribution in [0.5, 0.6) is 5.75 Å². The number of fused-ring (bicyclic) bond motifs is 1. The van der Waals surface area contributed by atoms with Gasteiger partial charge in [0.05, 0.1) is 12.0 Å². The molecule has 2 atom stereocenters. The fourth-order valence-corrected chi connectivity index (χ4v) is 4.98. The van der Waals surface area contributed by atoms with E-state index in [1.165, 1.54) is 0 Å². The summed E-state index contributed by atoms with van der Waals surface area (Å²) >= 11 is 0. The molecule has 1 N–H and O–H groups in total. The van der Waals surface area contributed by atoms with Crippen molar-refractivity contribution in [2.24, 2.45) is 11.8 Å². The van der Waals surface area contributed by atoms with Gasteiger partial charge < -0.3 is 10.1 Å². The van der Waals surface area contributed by atoms with E-state index in [4.69, 9.17) is 4.74 Å². The average Bonchev–Trinajstić information content (AvgIpc) is 2.94. The van der Waals surface area contributed by atoms with Crippen molar-refractivity contribution in [3.63, 3.8) is 0 Å². The molecule has 3 rings (SSSR count). The van der Waals surface area contributed by atoms with Crippen molar-refractivity contribution in [3.8, 4) is 5.75 Å². The topological polar surface area (TPSA) is 58.6 Å². The monoisotopic (exact) mass is 346 g/mol. The zero-order valence-electron chi connectivity index (χ0n) is 12.9. The molecule has 1 aromatic rings. The van der Waals surface area contributed by atoms with Gasteiger partial charge in [0, 0.05) is 13.1 Å². The van der Waals surface area contributed by atoms with Gasteiger partial charge in [-0.2, -0.15) is 4.31 Å². The van der Waals surface area contributed by atoms with Crippen LogP contribution >= 0.6 is 12.4 Å². The van der Waals surface area contributed by atoms with Crippen molar-refractivity contribution >= 4 is 22.4 Å². The molecule has 2 unspecified atom stereocenters. The van der Waals surface area contributed by atoms with Crippen LogP contribution in [0.3, 0.4) is 0 Å². The van der Waals surface area contributed by atoms with E-state index >= 15 is 0 Å². The fourth-order valence-electron chi connectivity index (χ4n) is 3.38. The molecule has 0 radical (unpaired) electrons. The molecule has 0 aliphatic carbocycles. The molecule has 1 aromatic carbocycles. The van der Waals surface area contributed by atoms with Crippen molar-refractivity contribution < 1.29 is 13.2 Å². The molecule has 2 heterocycles. The van der Waals surface area contributed by atoms with Crippen molar-refractivity contribution in [2.45, 2.75) is 18.2 Å². The third-order valence-electron chi connectivity index (χ3n) is 4.67. The third-order valence-corrected chi connectivity index (χ3v) is 6.53. The second-order valence-electron chi connectivity index (χ2n) is 5.96. The molecule has 0 amide bonds. The Morgan fingerprint density at radius 1 is 1.27 bits per heavy atom. The van der Waals surface area contributed by atoms with Gasteiger partial charge in [0.1, 0.15) is 5.75 Å². The van der Waals surface area contributed by atoms with Gasteiger partial charge in [0.25, 0.3) is 0 Å². The molecule has 7 heteroatoms. The van der Waals surface area contributed by atoms with E-state index in [0.29, 0.717) is 35.6 Å². The summed E-state index contributed by atoms with van der Waals surface area (Å²) in [6.07, 6.45) is 0.950. The van der Waals surface area contributed by atoms with Gasteiger partial charge in [-0.15, -0.1) is 12.4 Å². The maximum absolute atomic E-state index is 12.8. The maximum Gasteiger partial charge on any atom is 0.243 e. The van der Waals surface area contributed by atoms with Crippen LogP contribution in [0.2, 0.25) is 0 Å². The first-order valence-electron chi connectivity index (χ1n) is 7.38. The summed E-state index contributed by atoms with van der Waals surface area (Å²) in [5.41, 5.74) is 0.844. The lowest BCUT2D eigenvalue weighted by atomic mass is 9.90. The molecule has 22 heavy (non-hydrogen) atoms. The van der Waals surface area contributed by atoms with Gasteiger partial charge in [0.15, 0.2) is 0 Å². The SMILES string of the molecule is COc1ccc(S(=O)(=O)N2CCC3CNCC3C2)cc1C.Cl. The van der Waals surface area contributed by atoms with Gasteiger partial charge in [-0.3, -0.25) is 0 Å². The van der Waals surface area contributed by atoms with Crippen LogP contribution in [-0.4, -0.2) is 46.0 Å². The summed E-state index contributed by atoms with van der Waals surface area (Å²) in [6.45, 7) is 5.07. The Kier molecular flexibility index (Phi) is 5.37. The van der Waals surface area contributed by atoms with Crippen LogP contribution in [0.1, 0.15) is 12.0 Å². The van der Waals surface area contributed by atoms with Gasteiger partial charge in [-0.25, -0.2) is 8.42 Å². The number of benzene rings is 1. The Morgan fingerprint density at radius 3 is 2.68 bits per heavy atom. The van der Waals surface area contributed by atoms with Crippen LogP contribution in [0.4, 0.5) is 0 Å². The standard InChI is InChI=1S/C15H22N2O3S.ClH/c1-11-7-14(3-4-15(11)20-2)21(18,19)17-6-5-12-8-16-9-13(12)10-17;/h3-4,7,12-13,16H,5-6,8-10H2,1-2H3;1H. The van der Waals surface area contributed by atoms with E-state index < -0.39 is 10.0 Å². The largest absolute Gasteiger partial charge is 0.496 e. The average molecular weight is 347 g/mol. The second kappa shape index (κ2) is 6.74. The number of methoxy groups -OCH3 is 1. The van der Waals surface area contributed by atoms with Crippen LogP contribution < -0.4 is 10.1 Å². The molecule has 5 nitrogen and oxygen atoms in total. The number of hydrogen-bond acceptors (Lipinski definition) is 4. The van der Waals surface area contributed by atoms with Gasteiger partial charge in [-0.05, 0) is 62.0 Å². The number of ether oxygens (including phenoxy) is 1. The first kappa shape index (κ1) is 17.5.